The highest BCUT2D eigenvalue weighted by Crippen LogP contribution is 2.40. The molecule has 1 amide bonds. The molecule has 7 nitrogen and oxygen atoms in total. The Morgan fingerprint density at radius 2 is 1.79 bits per heavy atom. The van der Waals surface area contributed by atoms with Gasteiger partial charge in [0, 0.05) is 18.0 Å². The molecule has 3 heterocycles. The van der Waals surface area contributed by atoms with Crippen molar-refractivity contribution in [1.29, 1.82) is 0 Å². The summed E-state index contributed by atoms with van der Waals surface area (Å²) in [5, 5.41) is 20.4. The number of aromatic nitrogens is 1. The maximum absolute atomic E-state index is 12.8. The maximum atomic E-state index is 12.8. The van der Waals surface area contributed by atoms with Crippen LogP contribution in [0.1, 0.15) is 22.9 Å². The molecule has 1 saturated heterocycles. The average Bonchev–Trinajstić information content (AvgIpc) is 3.31. The summed E-state index contributed by atoms with van der Waals surface area (Å²) in [6.45, 7) is 0.0657. The van der Waals surface area contributed by atoms with Gasteiger partial charge in [0.1, 0.15) is 17.3 Å². The number of hydrogen-bond acceptors (Lipinski definition) is 6. The molecule has 0 spiro atoms. The number of carbonyl (C=O) groups is 2. The zero-order chi connectivity index (χ0) is 19.7. The van der Waals surface area contributed by atoms with Gasteiger partial charge < -0.3 is 19.5 Å². The Bertz CT molecular complexity index is 1040. The summed E-state index contributed by atoms with van der Waals surface area (Å²) in [7, 11) is 0. The number of aromatic hydroxyl groups is 1. The minimum absolute atomic E-state index is 0.0200. The van der Waals surface area contributed by atoms with Crippen LogP contribution in [0.25, 0.3) is 5.76 Å². The van der Waals surface area contributed by atoms with E-state index in [0.29, 0.717) is 16.9 Å². The number of phenols is 1. The van der Waals surface area contributed by atoms with Crippen molar-refractivity contribution in [3.63, 3.8) is 0 Å². The third-order valence-electron chi connectivity index (χ3n) is 4.61. The van der Waals surface area contributed by atoms with Gasteiger partial charge in [0.15, 0.2) is 0 Å². The van der Waals surface area contributed by atoms with Crippen molar-refractivity contribution in [3.8, 4) is 5.75 Å². The van der Waals surface area contributed by atoms with E-state index in [2.05, 4.69) is 4.98 Å². The molecular formula is C21H16N2O5. The van der Waals surface area contributed by atoms with Gasteiger partial charge in [-0.3, -0.25) is 14.6 Å². The summed E-state index contributed by atoms with van der Waals surface area (Å²) in [6, 6.07) is 11.9. The van der Waals surface area contributed by atoms with Gasteiger partial charge in [-0.05, 0) is 42.0 Å². The number of furan rings is 1. The first-order chi connectivity index (χ1) is 13.6. The molecule has 0 bridgehead atoms. The SMILES string of the molecule is O=C1C(=O)N(Cc2ccco2)C(c2ccc(O)cc2)/C1=C(\O)c1ccncc1. The molecule has 2 aromatic heterocycles. The monoisotopic (exact) mass is 376 g/mol. The number of hydrogen-bond donors (Lipinski definition) is 2. The zero-order valence-corrected chi connectivity index (χ0v) is 14.6. The van der Waals surface area contributed by atoms with Crippen LogP contribution < -0.4 is 0 Å². The van der Waals surface area contributed by atoms with E-state index in [0.717, 1.165) is 0 Å². The first-order valence-electron chi connectivity index (χ1n) is 8.56. The third kappa shape index (κ3) is 3.03. The molecule has 2 N–H and O–H groups in total. The minimum atomic E-state index is -0.820. The Morgan fingerprint density at radius 3 is 2.43 bits per heavy atom. The Balaban J connectivity index is 1.86. The van der Waals surface area contributed by atoms with E-state index >= 15 is 0 Å². The van der Waals surface area contributed by atoms with Crippen LogP contribution in [0, 0.1) is 0 Å². The van der Waals surface area contributed by atoms with Gasteiger partial charge in [0.05, 0.1) is 24.4 Å². The fourth-order valence-electron chi connectivity index (χ4n) is 3.28. The van der Waals surface area contributed by atoms with Gasteiger partial charge in [-0.1, -0.05) is 12.1 Å². The maximum Gasteiger partial charge on any atom is 0.296 e. The van der Waals surface area contributed by atoms with Gasteiger partial charge >= 0.3 is 0 Å². The number of amides is 1. The second-order valence-electron chi connectivity index (χ2n) is 6.33. The highest BCUT2D eigenvalue weighted by molar-refractivity contribution is 6.46. The molecule has 28 heavy (non-hydrogen) atoms. The van der Waals surface area contributed by atoms with Crippen molar-refractivity contribution in [3.05, 3.63) is 89.6 Å². The van der Waals surface area contributed by atoms with E-state index in [4.69, 9.17) is 4.42 Å². The van der Waals surface area contributed by atoms with Gasteiger partial charge in [0.25, 0.3) is 11.7 Å². The molecule has 1 atom stereocenters. The molecule has 3 aromatic rings. The number of benzene rings is 1. The predicted molar refractivity (Wildman–Crippen MR) is 98.9 cm³/mol. The molecule has 0 radical (unpaired) electrons. The van der Waals surface area contributed by atoms with Crippen molar-refractivity contribution in [2.75, 3.05) is 0 Å². The van der Waals surface area contributed by atoms with E-state index in [1.165, 1.54) is 35.7 Å². The summed E-state index contributed by atoms with van der Waals surface area (Å²) in [5.41, 5.74) is 0.947. The number of Topliss-reactive ketones (excluding diaryl/α,β-unsaturated/α-hetero) is 1. The number of pyridine rings is 1. The Morgan fingerprint density at radius 1 is 1.07 bits per heavy atom. The van der Waals surface area contributed by atoms with Gasteiger partial charge in [-0.25, -0.2) is 0 Å². The lowest BCUT2D eigenvalue weighted by Gasteiger charge is -2.24. The first-order valence-corrected chi connectivity index (χ1v) is 8.56. The molecule has 1 aliphatic rings. The van der Waals surface area contributed by atoms with Crippen molar-refractivity contribution in [2.45, 2.75) is 12.6 Å². The summed E-state index contributed by atoms with van der Waals surface area (Å²) < 4.78 is 5.33. The fourth-order valence-corrected chi connectivity index (χ4v) is 3.28. The van der Waals surface area contributed by atoms with Gasteiger partial charge in [0.2, 0.25) is 0 Å². The fraction of sp³-hybridized carbons (Fsp3) is 0.0952. The molecule has 1 fully saturated rings. The van der Waals surface area contributed by atoms with E-state index in [1.54, 1.807) is 36.4 Å². The van der Waals surface area contributed by atoms with Gasteiger partial charge in [-0.15, -0.1) is 0 Å². The highest BCUT2D eigenvalue weighted by atomic mass is 16.3. The van der Waals surface area contributed by atoms with Crippen LogP contribution in [-0.4, -0.2) is 31.8 Å². The van der Waals surface area contributed by atoms with Crippen LogP contribution in [0.3, 0.4) is 0 Å². The molecule has 0 aliphatic carbocycles. The standard InChI is InChI=1S/C21H16N2O5/c24-15-5-3-13(4-6-15)18-17(19(25)14-7-9-22-10-8-14)20(26)21(27)23(18)12-16-2-1-11-28-16/h1-11,18,24-25H,12H2/b19-17+. The number of phenolic OH excluding ortho intramolecular Hbond substituents is 1. The average molecular weight is 376 g/mol. The summed E-state index contributed by atoms with van der Waals surface area (Å²) >= 11 is 0. The summed E-state index contributed by atoms with van der Waals surface area (Å²) in [4.78, 5) is 30.8. The number of ketones is 1. The minimum Gasteiger partial charge on any atom is -0.508 e. The second kappa shape index (κ2) is 7.03. The van der Waals surface area contributed by atoms with E-state index in [-0.39, 0.29) is 23.6 Å². The van der Waals surface area contributed by atoms with Crippen LogP contribution in [0.5, 0.6) is 5.75 Å². The van der Waals surface area contributed by atoms with Crippen LogP contribution in [0.2, 0.25) is 0 Å². The van der Waals surface area contributed by atoms with E-state index in [1.807, 2.05) is 0 Å². The van der Waals surface area contributed by atoms with E-state index < -0.39 is 17.7 Å². The first kappa shape index (κ1) is 17.5. The lowest BCUT2D eigenvalue weighted by molar-refractivity contribution is -0.140. The molecular weight excluding hydrogens is 360 g/mol. The quantitative estimate of drug-likeness (QED) is 0.412. The van der Waals surface area contributed by atoms with Crippen LogP contribution in [0.4, 0.5) is 0 Å². The summed E-state index contributed by atoms with van der Waals surface area (Å²) in [5.74, 6) is -1.22. The smallest absolute Gasteiger partial charge is 0.296 e. The highest BCUT2D eigenvalue weighted by Gasteiger charge is 2.46. The van der Waals surface area contributed by atoms with E-state index in [9.17, 15) is 19.8 Å². The second-order valence-corrected chi connectivity index (χ2v) is 6.33. The normalized spacial score (nSPS) is 18.6. The summed E-state index contributed by atoms with van der Waals surface area (Å²) in [6.07, 6.45) is 4.46. The molecule has 1 aromatic carbocycles. The number of aliphatic hydroxyl groups excluding tert-OH is 1. The van der Waals surface area contributed by atoms with Crippen molar-refractivity contribution in [2.24, 2.45) is 0 Å². The van der Waals surface area contributed by atoms with Crippen LogP contribution in [0.15, 0.2) is 77.2 Å². The van der Waals surface area contributed by atoms with Crippen molar-refractivity contribution in [1.82, 2.24) is 9.88 Å². The number of carbonyl (C=O) groups excluding carboxylic acids is 2. The molecule has 7 heteroatoms. The number of rotatable bonds is 4. The lowest BCUT2D eigenvalue weighted by atomic mass is 9.95. The largest absolute Gasteiger partial charge is 0.508 e. The van der Waals surface area contributed by atoms with Crippen molar-refractivity contribution >= 4 is 17.4 Å². The number of nitrogens with zero attached hydrogens (tertiary/aromatic N) is 2. The Kier molecular flexibility index (Phi) is 4.41. The zero-order valence-electron chi connectivity index (χ0n) is 14.6. The predicted octanol–water partition coefficient (Wildman–Crippen LogP) is 3.00. The molecule has 0 saturated carbocycles. The number of aliphatic hydroxyl groups is 1. The van der Waals surface area contributed by atoms with Crippen LogP contribution in [-0.2, 0) is 16.1 Å². The lowest BCUT2D eigenvalue weighted by Crippen LogP contribution is -2.29. The van der Waals surface area contributed by atoms with Crippen molar-refractivity contribution < 1.29 is 24.2 Å². The molecule has 4 rings (SSSR count). The van der Waals surface area contributed by atoms with Gasteiger partial charge in [-0.2, -0.15) is 0 Å². The Labute approximate surface area is 160 Å². The molecule has 1 aliphatic heterocycles. The molecule has 140 valence electrons. The third-order valence-corrected chi connectivity index (χ3v) is 4.61. The number of likely N-dealkylation sites (tertiary alicyclic amines) is 1. The van der Waals surface area contributed by atoms with Crippen LogP contribution >= 0.6 is 0 Å². The Hall–Kier alpha value is -3.87. The topological polar surface area (TPSA) is 104 Å². The molecule has 1 unspecified atom stereocenters.